The average molecular weight is 209 g/mol. The molecule has 0 bridgehead atoms. The molecule has 0 aromatic rings. The molecule has 14 heavy (non-hydrogen) atoms. The zero-order valence-corrected chi connectivity index (χ0v) is 8.61. The van der Waals surface area contributed by atoms with Crippen molar-refractivity contribution in [3.05, 3.63) is 6.61 Å². The van der Waals surface area contributed by atoms with Crippen molar-refractivity contribution < 1.29 is 23.7 Å². The number of rotatable bonds is 9. The maximum atomic E-state index is 11.7. The standard InChI is InChI=1S/C9H18FO4/c1-3-12-4-5-13-8(2)7-14-9(11)6-10/h5,8-9,11H,3-4,6-7H2,1-2H3. The van der Waals surface area contributed by atoms with Gasteiger partial charge in [-0.3, -0.25) is 0 Å². The predicted molar refractivity (Wildman–Crippen MR) is 49.3 cm³/mol. The fourth-order valence-corrected chi connectivity index (χ4v) is 0.700. The second kappa shape index (κ2) is 9.33. The van der Waals surface area contributed by atoms with E-state index in [0.717, 1.165) is 0 Å². The van der Waals surface area contributed by atoms with Crippen LogP contribution < -0.4 is 0 Å². The third kappa shape index (κ3) is 8.37. The lowest BCUT2D eigenvalue weighted by atomic mass is 10.4. The molecule has 5 heteroatoms. The third-order valence-electron chi connectivity index (χ3n) is 1.37. The van der Waals surface area contributed by atoms with Gasteiger partial charge in [-0.15, -0.1) is 0 Å². The highest BCUT2D eigenvalue weighted by Gasteiger charge is 2.07. The Balaban J connectivity index is 3.23. The number of aliphatic hydroxyl groups excluding tert-OH is 1. The molecule has 1 N–H and O–H groups in total. The van der Waals surface area contributed by atoms with Gasteiger partial charge in [-0.25, -0.2) is 4.39 Å². The van der Waals surface area contributed by atoms with Gasteiger partial charge in [0.05, 0.1) is 19.3 Å². The summed E-state index contributed by atoms with van der Waals surface area (Å²) in [7, 11) is 0. The first-order valence-corrected chi connectivity index (χ1v) is 4.61. The molecule has 0 aromatic heterocycles. The number of halogens is 1. The Morgan fingerprint density at radius 2 is 2.21 bits per heavy atom. The first-order chi connectivity index (χ1) is 6.70. The number of hydrogen-bond acceptors (Lipinski definition) is 4. The summed E-state index contributed by atoms with van der Waals surface area (Å²) < 4.78 is 26.6. The summed E-state index contributed by atoms with van der Waals surface area (Å²) in [4.78, 5) is 0. The molecule has 0 heterocycles. The summed E-state index contributed by atoms with van der Waals surface area (Å²) in [5.74, 6) is 0. The Hall–Kier alpha value is -0.230. The highest BCUT2D eigenvalue weighted by molar-refractivity contribution is 4.54. The van der Waals surface area contributed by atoms with Crippen LogP contribution in [0.5, 0.6) is 0 Å². The predicted octanol–water partition coefficient (Wildman–Crippen LogP) is 0.894. The first kappa shape index (κ1) is 13.8. The molecule has 0 aliphatic heterocycles. The van der Waals surface area contributed by atoms with Crippen molar-refractivity contribution in [2.75, 3.05) is 26.5 Å². The second-order valence-electron chi connectivity index (χ2n) is 2.72. The van der Waals surface area contributed by atoms with Gasteiger partial charge in [0.1, 0.15) is 13.3 Å². The zero-order chi connectivity index (χ0) is 10.8. The lowest BCUT2D eigenvalue weighted by Gasteiger charge is -2.14. The minimum atomic E-state index is -1.35. The van der Waals surface area contributed by atoms with E-state index < -0.39 is 13.0 Å². The Labute approximate surface area is 84.0 Å². The fourth-order valence-electron chi connectivity index (χ4n) is 0.700. The Morgan fingerprint density at radius 3 is 2.79 bits per heavy atom. The maximum Gasteiger partial charge on any atom is 0.183 e. The summed E-state index contributed by atoms with van der Waals surface area (Å²) in [5, 5.41) is 8.73. The number of ether oxygens (including phenoxy) is 3. The van der Waals surface area contributed by atoms with Crippen molar-refractivity contribution in [3.8, 4) is 0 Å². The van der Waals surface area contributed by atoms with E-state index in [-0.39, 0.29) is 12.7 Å². The summed E-state index contributed by atoms with van der Waals surface area (Å²) in [6.45, 7) is 5.44. The minimum absolute atomic E-state index is 0.147. The van der Waals surface area contributed by atoms with Crippen LogP contribution in [-0.4, -0.2) is 44.0 Å². The van der Waals surface area contributed by atoms with Gasteiger partial charge in [0, 0.05) is 6.61 Å². The van der Waals surface area contributed by atoms with Crippen LogP contribution in [0.25, 0.3) is 0 Å². The summed E-state index contributed by atoms with van der Waals surface area (Å²) >= 11 is 0. The molecule has 4 nitrogen and oxygen atoms in total. The number of hydrogen-bond donors (Lipinski definition) is 1. The van der Waals surface area contributed by atoms with E-state index in [0.29, 0.717) is 13.2 Å². The van der Waals surface area contributed by atoms with Gasteiger partial charge in [-0.1, -0.05) is 0 Å². The van der Waals surface area contributed by atoms with E-state index in [1.165, 1.54) is 6.61 Å². The van der Waals surface area contributed by atoms with Crippen LogP contribution in [0.2, 0.25) is 0 Å². The van der Waals surface area contributed by atoms with Crippen molar-refractivity contribution in [1.29, 1.82) is 0 Å². The Kier molecular flexibility index (Phi) is 9.18. The SMILES string of the molecule is CCOC[CH]OC(C)COC(O)CF. The smallest absolute Gasteiger partial charge is 0.183 e. The first-order valence-electron chi connectivity index (χ1n) is 4.61. The molecule has 0 aliphatic rings. The second-order valence-corrected chi connectivity index (χ2v) is 2.72. The van der Waals surface area contributed by atoms with Crippen LogP contribution in [0.15, 0.2) is 0 Å². The molecule has 0 fully saturated rings. The third-order valence-corrected chi connectivity index (χ3v) is 1.37. The van der Waals surface area contributed by atoms with E-state index >= 15 is 0 Å². The molecule has 0 aliphatic carbocycles. The van der Waals surface area contributed by atoms with E-state index in [1.807, 2.05) is 6.92 Å². The molecule has 0 aromatic carbocycles. The zero-order valence-electron chi connectivity index (χ0n) is 8.61. The molecule has 0 saturated carbocycles. The van der Waals surface area contributed by atoms with Crippen LogP contribution >= 0.6 is 0 Å². The highest BCUT2D eigenvalue weighted by atomic mass is 19.1. The normalized spacial score (nSPS) is 15.4. The van der Waals surface area contributed by atoms with Gasteiger partial charge in [0.15, 0.2) is 6.29 Å². The summed E-state index contributed by atoms with van der Waals surface area (Å²) in [6, 6.07) is 0. The van der Waals surface area contributed by atoms with E-state index in [2.05, 4.69) is 0 Å². The van der Waals surface area contributed by atoms with E-state index in [1.54, 1.807) is 6.92 Å². The van der Waals surface area contributed by atoms with Gasteiger partial charge in [0.2, 0.25) is 0 Å². The lowest BCUT2D eigenvalue weighted by Crippen LogP contribution is -2.22. The molecule has 0 amide bonds. The number of aliphatic hydroxyl groups is 1. The molecule has 85 valence electrons. The van der Waals surface area contributed by atoms with Gasteiger partial charge in [-0.05, 0) is 13.8 Å². The molecule has 2 unspecified atom stereocenters. The van der Waals surface area contributed by atoms with Crippen molar-refractivity contribution in [2.45, 2.75) is 26.2 Å². The highest BCUT2D eigenvalue weighted by Crippen LogP contribution is 1.97. The van der Waals surface area contributed by atoms with Crippen LogP contribution in [0, 0.1) is 6.61 Å². The summed E-state index contributed by atoms with van der Waals surface area (Å²) in [5.41, 5.74) is 0. The van der Waals surface area contributed by atoms with Crippen molar-refractivity contribution in [1.82, 2.24) is 0 Å². The quantitative estimate of drug-likeness (QED) is 0.452. The van der Waals surface area contributed by atoms with Gasteiger partial charge in [-0.2, -0.15) is 0 Å². The molecular weight excluding hydrogens is 191 g/mol. The Bertz CT molecular complexity index is 123. The lowest BCUT2D eigenvalue weighted by molar-refractivity contribution is -0.132. The van der Waals surface area contributed by atoms with E-state index in [4.69, 9.17) is 19.3 Å². The molecular formula is C9H18FO4. The summed E-state index contributed by atoms with van der Waals surface area (Å²) in [6.07, 6.45) is -1.58. The van der Waals surface area contributed by atoms with E-state index in [9.17, 15) is 4.39 Å². The molecule has 0 saturated heterocycles. The Morgan fingerprint density at radius 1 is 1.50 bits per heavy atom. The minimum Gasteiger partial charge on any atom is -0.379 e. The van der Waals surface area contributed by atoms with Crippen molar-refractivity contribution in [2.24, 2.45) is 0 Å². The van der Waals surface area contributed by atoms with Crippen LogP contribution in [0.3, 0.4) is 0 Å². The molecule has 2 atom stereocenters. The maximum absolute atomic E-state index is 11.7. The van der Waals surface area contributed by atoms with Crippen LogP contribution in [-0.2, 0) is 14.2 Å². The van der Waals surface area contributed by atoms with Crippen molar-refractivity contribution >= 4 is 0 Å². The van der Waals surface area contributed by atoms with Crippen LogP contribution in [0.1, 0.15) is 13.8 Å². The molecule has 1 radical (unpaired) electrons. The van der Waals surface area contributed by atoms with Crippen molar-refractivity contribution in [3.63, 3.8) is 0 Å². The average Bonchev–Trinajstić information content (AvgIpc) is 2.21. The van der Waals surface area contributed by atoms with Gasteiger partial charge in [0.25, 0.3) is 0 Å². The largest absolute Gasteiger partial charge is 0.379 e. The molecule has 0 spiro atoms. The number of alkyl halides is 1. The topological polar surface area (TPSA) is 47.9 Å². The van der Waals surface area contributed by atoms with Gasteiger partial charge < -0.3 is 19.3 Å². The van der Waals surface area contributed by atoms with Gasteiger partial charge >= 0.3 is 0 Å². The monoisotopic (exact) mass is 209 g/mol. The van der Waals surface area contributed by atoms with Crippen LogP contribution in [0.4, 0.5) is 4.39 Å². The fraction of sp³-hybridized carbons (Fsp3) is 0.889. The molecule has 0 rings (SSSR count).